The molecule has 1 heterocycles. The Hall–Kier alpha value is -1.52. The number of rotatable bonds is 3. The van der Waals surface area contributed by atoms with Crippen molar-refractivity contribution in [3.63, 3.8) is 0 Å². The number of carbonyl (C=O) groups excluding carboxylic acids is 2. The fraction of sp³-hybridized carbons (Fsp3) is 0.778. The van der Waals surface area contributed by atoms with Crippen molar-refractivity contribution in [2.75, 3.05) is 13.1 Å². The van der Waals surface area contributed by atoms with Gasteiger partial charge < -0.3 is 14.4 Å². The summed E-state index contributed by atoms with van der Waals surface area (Å²) in [5.41, 5.74) is 0.925. The Morgan fingerprint density at radius 2 is 1.91 bits per heavy atom. The number of hydrogen-bond donors (Lipinski definition) is 0. The van der Waals surface area contributed by atoms with E-state index in [1.165, 1.54) is 5.57 Å². The molecule has 0 aromatic heterocycles. The molecule has 130 valence electrons. The minimum atomic E-state index is -0.448. The summed E-state index contributed by atoms with van der Waals surface area (Å²) in [6.07, 6.45) is 4.41. The van der Waals surface area contributed by atoms with Gasteiger partial charge in [0, 0.05) is 19.0 Å². The van der Waals surface area contributed by atoms with Crippen molar-refractivity contribution in [3.05, 3.63) is 11.6 Å². The number of likely N-dealkylation sites (tertiary alicyclic amines) is 1. The Morgan fingerprint density at radius 3 is 2.39 bits per heavy atom. The van der Waals surface area contributed by atoms with Crippen molar-refractivity contribution >= 4 is 12.1 Å². The molecule has 2 rings (SSSR count). The number of allylic oxidation sites excluding steroid dienone is 1. The van der Waals surface area contributed by atoms with Crippen LogP contribution < -0.4 is 0 Å². The molecule has 0 N–H and O–H groups in total. The second-order valence-corrected chi connectivity index (χ2v) is 7.82. The molecule has 1 amide bonds. The van der Waals surface area contributed by atoms with Gasteiger partial charge in [-0.25, -0.2) is 4.79 Å². The number of carbonyl (C=O) groups is 2. The highest BCUT2D eigenvalue weighted by atomic mass is 16.6. The molecule has 1 unspecified atom stereocenters. The lowest BCUT2D eigenvalue weighted by Gasteiger charge is -2.42. The number of ether oxygens (including phenoxy) is 2. The van der Waals surface area contributed by atoms with E-state index in [-0.39, 0.29) is 24.1 Å². The molecule has 5 heteroatoms. The molecule has 0 saturated carbocycles. The lowest BCUT2D eigenvalue weighted by Crippen LogP contribution is -2.52. The molecule has 0 aromatic carbocycles. The highest BCUT2D eigenvalue weighted by molar-refractivity contribution is 5.73. The molecule has 5 nitrogen and oxygen atoms in total. The number of amides is 1. The second-order valence-electron chi connectivity index (χ2n) is 7.82. The molecule has 1 atom stereocenters. The highest BCUT2D eigenvalue weighted by Crippen LogP contribution is 2.34. The van der Waals surface area contributed by atoms with Gasteiger partial charge in [-0.05, 0) is 53.9 Å². The lowest BCUT2D eigenvalue weighted by molar-refractivity contribution is -0.152. The predicted octanol–water partition coefficient (Wildman–Crippen LogP) is 3.53. The van der Waals surface area contributed by atoms with Crippen LogP contribution in [0, 0.1) is 11.8 Å². The molecule has 0 aromatic rings. The van der Waals surface area contributed by atoms with Gasteiger partial charge in [0.2, 0.25) is 0 Å². The predicted molar refractivity (Wildman–Crippen MR) is 87.9 cm³/mol. The summed E-state index contributed by atoms with van der Waals surface area (Å²) in [5.74, 6) is 0.326. The molecule has 0 bridgehead atoms. The van der Waals surface area contributed by atoms with Gasteiger partial charge in [-0.3, -0.25) is 4.79 Å². The summed E-state index contributed by atoms with van der Waals surface area (Å²) in [5, 5.41) is 0. The molecule has 0 radical (unpaired) electrons. The maximum absolute atomic E-state index is 11.9. The average Bonchev–Trinajstić information content (AvgIpc) is 2.34. The van der Waals surface area contributed by atoms with Gasteiger partial charge >= 0.3 is 12.1 Å². The summed E-state index contributed by atoms with van der Waals surface area (Å²) < 4.78 is 10.7. The molecule has 1 aliphatic heterocycles. The Bertz CT molecular complexity index is 484. The van der Waals surface area contributed by atoms with Gasteiger partial charge in [0.15, 0.2) is 0 Å². The lowest BCUT2D eigenvalue weighted by atomic mass is 9.81. The van der Waals surface area contributed by atoms with Crippen LogP contribution >= 0.6 is 0 Å². The maximum atomic E-state index is 11.9. The fourth-order valence-corrected chi connectivity index (χ4v) is 2.96. The van der Waals surface area contributed by atoms with Crippen LogP contribution in [-0.2, 0) is 14.3 Å². The van der Waals surface area contributed by atoms with E-state index in [0.717, 1.165) is 32.4 Å². The van der Waals surface area contributed by atoms with Crippen LogP contribution in [0.1, 0.15) is 53.9 Å². The first-order valence-corrected chi connectivity index (χ1v) is 8.53. The standard InChI is InChI=1S/C18H29NO4/c1-12(2)22-16(20)14-8-6-13(7-9-14)15-10-19(11-15)17(21)23-18(3,4)5/h6,12,14-15H,7-11H2,1-5H3. The van der Waals surface area contributed by atoms with Crippen LogP contribution in [0.3, 0.4) is 0 Å². The normalized spacial score (nSPS) is 22.4. The van der Waals surface area contributed by atoms with Crippen LogP contribution in [-0.4, -0.2) is 41.8 Å². The molecule has 0 spiro atoms. The van der Waals surface area contributed by atoms with Crippen LogP contribution in [0.25, 0.3) is 0 Å². The van der Waals surface area contributed by atoms with E-state index >= 15 is 0 Å². The highest BCUT2D eigenvalue weighted by Gasteiger charge is 2.37. The van der Waals surface area contributed by atoms with Crippen molar-refractivity contribution in [2.45, 2.75) is 65.6 Å². The monoisotopic (exact) mass is 323 g/mol. The summed E-state index contributed by atoms with van der Waals surface area (Å²) in [6, 6.07) is 0. The van der Waals surface area contributed by atoms with E-state index in [2.05, 4.69) is 6.08 Å². The molecular weight excluding hydrogens is 294 g/mol. The van der Waals surface area contributed by atoms with E-state index in [0.29, 0.717) is 5.92 Å². The maximum Gasteiger partial charge on any atom is 0.410 e. The third-order valence-electron chi connectivity index (χ3n) is 4.19. The Labute approximate surface area is 139 Å². The Kier molecular flexibility index (Phi) is 5.37. The SMILES string of the molecule is CC(C)OC(=O)C1CC=C(C2CN(C(=O)OC(C)(C)C)C2)CC1. The van der Waals surface area contributed by atoms with E-state index in [4.69, 9.17) is 9.47 Å². The second kappa shape index (κ2) is 6.93. The molecule has 23 heavy (non-hydrogen) atoms. The van der Waals surface area contributed by atoms with Gasteiger partial charge in [-0.1, -0.05) is 11.6 Å². The third-order valence-corrected chi connectivity index (χ3v) is 4.19. The van der Waals surface area contributed by atoms with Gasteiger partial charge in [0.05, 0.1) is 12.0 Å². The van der Waals surface area contributed by atoms with Crippen LogP contribution in [0.15, 0.2) is 11.6 Å². The fourth-order valence-electron chi connectivity index (χ4n) is 2.96. The van der Waals surface area contributed by atoms with E-state index in [1.807, 2.05) is 34.6 Å². The zero-order chi connectivity index (χ0) is 17.2. The number of esters is 1. The summed E-state index contributed by atoms with van der Waals surface area (Å²) in [6.45, 7) is 10.8. The minimum Gasteiger partial charge on any atom is -0.463 e. The molecule has 1 aliphatic carbocycles. The average molecular weight is 323 g/mol. The Balaban J connectivity index is 1.78. The van der Waals surface area contributed by atoms with Gasteiger partial charge in [-0.15, -0.1) is 0 Å². The van der Waals surface area contributed by atoms with Crippen LogP contribution in [0.5, 0.6) is 0 Å². The summed E-state index contributed by atoms with van der Waals surface area (Å²) in [7, 11) is 0. The number of hydrogen-bond acceptors (Lipinski definition) is 4. The Morgan fingerprint density at radius 1 is 1.26 bits per heavy atom. The first-order valence-electron chi connectivity index (χ1n) is 8.53. The van der Waals surface area contributed by atoms with Crippen LogP contribution in [0.4, 0.5) is 4.79 Å². The van der Waals surface area contributed by atoms with Gasteiger partial charge in [0.25, 0.3) is 0 Å². The van der Waals surface area contributed by atoms with E-state index in [1.54, 1.807) is 4.90 Å². The number of nitrogens with zero attached hydrogens (tertiary/aromatic N) is 1. The van der Waals surface area contributed by atoms with Crippen LogP contribution in [0.2, 0.25) is 0 Å². The zero-order valence-electron chi connectivity index (χ0n) is 14.9. The minimum absolute atomic E-state index is 0.0109. The topological polar surface area (TPSA) is 55.8 Å². The van der Waals surface area contributed by atoms with Crippen molar-refractivity contribution in [1.82, 2.24) is 4.90 Å². The van der Waals surface area contributed by atoms with E-state index < -0.39 is 5.60 Å². The van der Waals surface area contributed by atoms with E-state index in [9.17, 15) is 9.59 Å². The molecule has 1 fully saturated rings. The molecular formula is C18H29NO4. The van der Waals surface area contributed by atoms with Crippen molar-refractivity contribution in [1.29, 1.82) is 0 Å². The molecule has 2 aliphatic rings. The molecule has 1 saturated heterocycles. The summed E-state index contributed by atoms with van der Waals surface area (Å²) in [4.78, 5) is 25.6. The quantitative estimate of drug-likeness (QED) is 0.589. The third kappa shape index (κ3) is 4.98. The van der Waals surface area contributed by atoms with Gasteiger partial charge in [0.1, 0.15) is 5.60 Å². The first kappa shape index (κ1) is 17.8. The zero-order valence-corrected chi connectivity index (χ0v) is 14.9. The largest absolute Gasteiger partial charge is 0.463 e. The van der Waals surface area contributed by atoms with Gasteiger partial charge in [-0.2, -0.15) is 0 Å². The van der Waals surface area contributed by atoms with Crippen molar-refractivity contribution in [2.24, 2.45) is 11.8 Å². The van der Waals surface area contributed by atoms with Crippen molar-refractivity contribution < 1.29 is 19.1 Å². The summed E-state index contributed by atoms with van der Waals surface area (Å²) >= 11 is 0. The smallest absolute Gasteiger partial charge is 0.410 e. The van der Waals surface area contributed by atoms with Crippen molar-refractivity contribution in [3.8, 4) is 0 Å². The first-order chi connectivity index (χ1) is 10.7.